The van der Waals surface area contributed by atoms with E-state index in [-0.39, 0.29) is 6.42 Å². The average Bonchev–Trinajstić information content (AvgIpc) is 2.55. The van der Waals surface area contributed by atoms with Gasteiger partial charge in [0.1, 0.15) is 0 Å². The minimum atomic E-state index is -1.24. The third-order valence-corrected chi connectivity index (χ3v) is 3.80. The van der Waals surface area contributed by atoms with Crippen LogP contribution in [0.2, 0.25) is 0 Å². The van der Waals surface area contributed by atoms with Crippen LogP contribution in [0.4, 0.5) is 0 Å². The van der Waals surface area contributed by atoms with Gasteiger partial charge in [-0.3, -0.25) is 4.79 Å². The van der Waals surface area contributed by atoms with Crippen molar-refractivity contribution in [1.29, 1.82) is 0 Å². The standard InChI is InChI=1S/C20H34O4/c1-3-5-7-8-9-10-11-12-13-14-15-18(17-19(21)22)20(23)24-16-6-4-2/h6,14-16,18H,3-5,7-13,17H2,1-2H3,(H,21,22)/p-1. The van der Waals surface area contributed by atoms with Crippen LogP contribution < -0.4 is 5.11 Å². The monoisotopic (exact) mass is 337 g/mol. The molecule has 4 nitrogen and oxygen atoms in total. The summed E-state index contributed by atoms with van der Waals surface area (Å²) < 4.78 is 4.93. The number of unbranched alkanes of at least 4 members (excludes halogenated alkanes) is 8. The van der Waals surface area contributed by atoms with E-state index in [0.29, 0.717) is 0 Å². The van der Waals surface area contributed by atoms with Crippen LogP contribution in [0.1, 0.15) is 84.5 Å². The molecule has 1 atom stereocenters. The van der Waals surface area contributed by atoms with E-state index in [1.165, 1.54) is 51.2 Å². The predicted molar refractivity (Wildman–Crippen MR) is 95.0 cm³/mol. The van der Waals surface area contributed by atoms with E-state index in [2.05, 4.69) is 6.92 Å². The maximum Gasteiger partial charge on any atom is 0.317 e. The van der Waals surface area contributed by atoms with Crippen molar-refractivity contribution in [2.45, 2.75) is 84.5 Å². The first kappa shape index (κ1) is 22.4. The Balaban J connectivity index is 3.98. The number of carbonyl (C=O) groups excluding carboxylic acids is 2. The Labute approximate surface area is 147 Å². The van der Waals surface area contributed by atoms with Crippen molar-refractivity contribution < 1.29 is 19.4 Å². The molecule has 0 saturated heterocycles. The van der Waals surface area contributed by atoms with Crippen LogP contribution >= 0.6 is 0 Å². The van der Waals surface area contributed by atoms with Crippen molar-refractivity contribution >= 4 is 11.9 Å². The highest BCUT2D eigenvalue weighted by Crippen LogP contribution is 2.12. The van der Waals surface area contributed by atoms with Gasteiger partial charge in [-0.1, -0.05) is 70.9 Å². The Morgan fingerprint density at radius 1 is 0.958 bits per heavy atom. The summed E-state index contributed by atoms with van der Waals surface area (Å²) in [4.78, 5) is 22.6. The molecule has 0 aromatic heterocycles. The van der Waals surface area contributed by atoms with E-state index in [1.807, 2.05) is 13.0 Å². The van der Waals surface area contributed by atoms with Gasteiger partial charge >= 0.3 is 5.97 Å². The molecule has 24 heavy (non-hydrogen) atoms. The number of esters is 1. The van der Waals surface area contributed by atoms with Crippen LogP contribution in [-0.4, -0.2) is 11.9 Å². The summed E-state index contributed by atoms with van der Waals surface area (Å²) in [5, 5.41) is 10.8. The van der Waals surface area contributed by atoms with Gasteiger partial charge < -0.3 is 14.6 Å². The van der Waals surface area contributed by atoms with E-state index >= 15 is 0 Å². The van der Waals surface area contributed by atoms with Crippen LogP contribution in [-0.2, 0) is 14.3 Å². The quantitative estimate of drug-likeness (QED) is 0.193. The van der Waals surface area contributed by atoms with Gasteiger partial charge in [-0.05, 0) is 25.3 Å². The lowest BCUT2D eigenvalue weighted by Gasteiger charge is -2.11. The summed E-state index contributed by atoms with van der Waals surface area (Å²) in [6.07, 6.45) is 17.8. The topological polar surface area (TPSA) is 66.4 Å². The van der Waals surface area contributed by atoms with Gasteiger partial charge in [-0.15, -0.1) is 0 Å². The zero-order valence-corrected chi connectivity index (χ0v) is 15.3. The lowest BCUT2D eigenvalue weighted by Crippen LogP contribution is -2.28. The highest BCUT2D eigenvalue weighted by atomic mass is 16.5. The van der Waals surface area contributed by atoms with E-state index < -0.39 is 17.9 Å². The normalized spacial score (nSPS) is 12.8. The molecule has 0 aromatic rings. The van der Waals surface area contributed by atoms with Crippen molar-refractivity contribution in [2.75, 3.05) is 0 Å². The number of aliphatic carboxylic acids is 1. The van der Waals surface area contributed by atoms with Crippen molar-refractivity contribution in [3.05, 3.63) is 24.5 Å². The fourth-order valence-electron chi connectivity index (χ4n) is 2.36. The second-order valence-electron chi connectivity index (χ2n) is 6.09. The molecular formula is C20H33O4-. The number of allylic oxidation sites excluding steroid dienone is 2. The van der Waals surface area contributed by atoms with Gasteiger partial charge in [0.15, 0.2) is 0 Å². The largest absolute Gasteiger partial charge is 0.550 e. The third kappa shape index (κ3) is 14.0. The van der Waals surface area contributed by atoms with Crippen LogP contribution in [0.5, 0.6) is 0 Å². The fourth-order valence-corrected chi connectivity index (χ4v) is 2.36. The molecule has 0 N–H and O–H groups in total. The van der Waals surface area contributed by atoms with E-state index in [0.717, 1.165) is 19.3 Å². The molecule has 0 aliphatic rings. The highest BCUT2D eigenvalue weighted by molar-refractivity contribution is 5.80. The molecule has 0 bridgehead atoms. The van der Waals surface area contributed by atoms with Gasteiger partial charge in [0, 0.05) is 12.4 Å². The fraction of sp³-hybridized carbons (Fsp3) is 0.700. The first-order chi connectivity index (χ1) is 11.6. The summed E-state index contributed by atoms with van der Waals surface area (Å²) in [7, 11) is 0. The zero-order chi connectivity index (χ0) is 18.0. The van der Waals surface area contributed by atoms with Crippen LogP contribution in [0.3, 0.4) is 0 Å². The number of carboxylic acid groups (broad SMARTS) is 1. The van der Waals surface area contributed by atoms with Gasteiger partial charge in [0.25, 0.3) is 0 Å². The van der Waals surface area contributed by atoms with Crippen molar-refractivity contribution in [3.63, 3.8) is 0 Å². The van der Waals surface area contributed by atoms with Crippen LogP contribution in [0, 0.1) is 5.92 Å². The summed E-state index contributed by atoms with van der Waals surface area (Å²) in [6.45, 7) is 4.14. The van der Waals surface area contributed by atoms with E-state index in [4.69, 9.17) is 4.74 Å². The number of rotatable bonds is 15. The maximum absolute atomic E-state index is 11.8. The molecule has 0 amide bonds. The lowest BCUT2D eigenvalue weighted by molar-refractivity contribution is -0.306. The van der Waals surface area contributed by atoms with E-state index in [9.17, 15) is 14.7 Å². The smallest absolute Gasteiger partial charge is 0.317 e. The number of ether oxygens (including phenoxy) is 1. The number of carboxylic acids is 1. The lowest BCUT2D eigenvalue weighted by atomic mass is 10.0. The van der Waals surface area contributed by atoms with Crippen molar-refractivity contribution in [1.82, 2.24) is 0 Å². The molecule has 0 saturated carbocycles. The zero-order valence-electron chi connectivity index (χ0n) is 15.3. The first-order valence-corrected chi connectivity index (χ1v) is 9.33. The Hall–Kier alpha value is -1.58. The molecule has 0 radical (unpaired) electrons. The third-order valence-electron chi connectivity index (χ3n) is 3.80. The molecule has 0 rings (SSSR count). The molecule has 0 aliphatic heterocycles. The first-order valence-electron chi connectivity index (χ1n) is 9.33. The molecule has 1 unspecified atom stereocenters. The Morgan fingerprint density at radius 3 is 2.17 bits per heavy atom. The molecule has 0 heterocycles. The molecule has 4 heteroatoms. The van der Waals surface area contributed by atoms with Crippen LogP contribution in [0.15, 0.2) is 24.5 Å². The second kappa shape index (κ2) is 16.3. The molecular weight excluding hydrogens is 304 g/mol. The molecule has 0 aliphatic carbocycles. The Morgan fingerprint density at radius 2 is 1.58 bits per heavy atom. The number of hydrogen-bond donors (Lipinski definition) is 0. The Bertz CT molecular complexity index is 385. The summed E-state index contributed by atoms with van der Waals surface area (Å²) >= 11 is 0. The van der Waals surface area contributed by atoms with Crippen molar-refractivity contribution in [2.24, 2.45) is 5.92 Å². The number of hydrogen-bond acceptors (Lipinski definition) is 4. The van der Waals surface area contributed by atoms with Crippen molar-refractivity contribution in [3.8, 4) is 0 Å². The van der Waals surface area contributed by atoms with Gasteiger partial charge in [-0.2, -0.15) is 0 Å². The summed E-state index contributed by atoms with van der Waals surface area (Å²) in [6, 6.07) is 0. The summed E-state index contributed by atoms with van der Waals surface area (Å²) in [5.41, 5.74) is 0. The molecule has 0 aromatic carbocycles. The van der Waals surface area contributed by atoms with Gasteiger partial charge in [0.2, 0.25) is 0 Å². The van der Waals surface area contributed by atoms with Crippen LogP contribution in [0.25, 0.3) is 0 Å². The van der Waals surface area contributed by atoms with E-state index in [1.54, 1.807) is 12.2 Å². The van der Waals surface area contributed by atoms with Gasteiger partial charge in [0.05, 0.1) is 12.2 Å². The molecule has 0 fully saturated rings. The van der Waals surface area contributed by atoms with Gasteiger partial charge in [-0.25, -0.2) is 0 Å². The molecule has 0 spiro atoms. The second-order valence-corrected chi connectivity index (χ2v) is 6.09. The predicted octanol–water partition coefficient (Wildman–Crippen LogP) is 4.30. The maximum atomic E-state index is 11.8. The minimum absolute atomic E-state index is 0.341. The SMILES string of the molecule is CCC=COC(=O)C(C=CCCCCCCCCCC)CC(=O)[O-]. The number of carbonyl (C=O) groups is 2. The average molecular weight is 337 g/mol. The minimum Gasteiger partial charge on any atom is -0.550 e. The Kier molecular flexibility index (Phi) is 15.2. The summed E-state index contributed by atoms with van der Waals surface area (Å²) in [5.74, 6) is -2.56. The highest BCUT2D eigenvalue weighted by Gasteiger charge is 2.16. The molecule has 138 valence electrons.